The summed E-state index contributed by atoms with van der Waals surface area (Å²) >= 11 is 0. The molecule has 0 radical (unpaired) electrons. The van der Waals surface area contributed by atoms with E-state index in [-0.39, 0.29) is 5.57 Å². The molecule has 0 bridgehead atoms. The molecule has 0 amide bonds. The standard InChI is InChI=1S/C13N6O/c14-1-7(2-15)10-11(8(3-16)4-17)13(20)12(10)9(5-18)6-19/q-2. The minimum Gasteiger partial charge on any atom is -0.762 e. The van der Waals surface area contributed by atoms with Gasteiger partial charge in [-0.15, -0.1) is 0 Å². The predicted octanol–water partition coefficient (Wildman–Crippen LogP) is 0.588. The summed E-state index contributed by atoms with van der Waals surface area (Å²) < 4.78 is 0. The summed E-state index contributed by atoms with van der Waals surface area (Å²) in [4.78, 5) is 11.9. The first-order valence-electron chi connectivity index (χ1n) is 4.80. The number of Topliss-reactive ketones (excluding diaryl/α,β-unsaturated/α-hetero) is 1. The van der Waals surface area contributed by atoms with Crippen LogP contribution in [-0.4, -0.2) is 17.5 Å². The fourth-order valence-electron chi connectivity index (χ4n) is 1.55. The fourth-order valence-corrected chi connectivity index (χ4v) is 1.55. The summed E-state index contributed by atoms with van der Waals surface area (Å²) in [6.45, 7) is 0. The highest BCUT2D eigenvalue weighted by Crippen LogP contribution is 2.39. The normalized spacial score (nSPS) is 11.6. The van der Waals surface area contributed by atoms with Crippen molar-refractivity contribution in [2.45, 2.75) is 0 Å². The van der Waals surface area contributed by atoms with Crippen molar-refractivity contribution in [1.82, 2.24) is 0 Å². The first-order valence-corrected chi connectivity index (χ1v) is 4.80. The van der Waals surface area contributed by atoms with Crippen LogP contribution >= 0.6 is 0 Å². The molecule has 0 aromatic rings. The molecule has 0 aromatic heterocycles. The van der Waals surface area contributed by atoms with Crippen LogP contribution in [0.1, 0.15) is 0 Å². The summed E-state index contributed by atoms with van der Waals surface area (Å²) in [6, 6.07) is 5.91. The SMILES string of the molecule is N#CC(=C=[N-])C1=C(C(=C=[N-])C#N)C(=C(C#N)C#N)C1=O. The van der Waals surface area contributed by atoms with E-state index in [4.69, 9.17) is 31.9 Å². The van der Waals surface area contributed by atoms with Gasteiger partial charge < -0.3 is 10.8 Å². The van der Waals surface area contributed by atoms with Crippen LogP contribution in [0.2, 0.25) is 0 Å². The van der Waals surface area contributed by atoms with Gasteiger partial charge in [0.2, 0.25) is 0 Å². The van der Waals surface area contributed by atoms with E-state index < -0.39 is 33.6 Å². The van der Waals surface area contributed by atoms with Gasteiger partial charge in [-0.2, -0.15) is 21.0 Å². The van der Waals surface area contributed by atoms with Crippen molar-refractivity contribution in [2.24, 2.45) is 0 Å². The zero-order valence-corrected chi connectivity index (χ0v) is 9.59. The molecule has 0 saturated heterocycles. The first kappa shape index (κ1) is 14.1. The highest BCUT2D eigenvalue weighted by atomic mass is 16.1. The summed E-state index contributed by atoms with van der Waals surface area (Å²) in [5, 5.41) is 52.6. The third-order valence-corrected chi connectivity index (χ3v) is 2.37. The lowest BCUT2D eigenvalue weighted by Gasteiger charge is -2.24. The zero-order chi connectivity index (χ0) is 15.3. The number of carbonyl (C=O) groups excluding carboxylic acids is 1. The molecule has 0 unspecified atom stereocenters. The van der Waals surface area contributed by atoms with Gasteiger partial charge in [0, 0.05) is 5.57 Å². The zero-order valence-electron chi connectivity index (χ0n) is 9.59. The minimum atomic E-state index is -0.876. The van der Waals surface area contributed by atoms with Crippen LogP contribution in [0.15, 0.2) is 33.4 Å². The molecule has 1 aliphatic carbocycles. The second kappa shape index (κ2) is 5.56. The number of carbonyl (C=O) groups is 1. The Morgan fingerprint density at radius 1 is 0.800 bits per heavy atom. The lowest BCUT2D eigenvalue weighted by molar-refractivity contribution is -0.112. The Kier molecular flexibility index (Phi) is 3.92. The summed E-state index contributed by atoms with van der Waals surface area (Å²) in [7, 11) is 0. The van der Waals surface area contributed by atoms with Crippen molar-refractivity contribution in [3.63, 3.8) is 0 Å². The molecule has 0 saturated carbocycles. The molecule has 90 valence electrons. The number of hydrogen-bond donors (Lipinski definition) is 0. The van der Waals surface area contributed by atoms with Gasteiger partial charge >= 0.3 is 0 Å². The van der Waals surface area contributed by atoms with Crippen LogP contribution in [-0.2, 0) is 4.79 Å². The second-order valence-corrected chi connectivity index (χ2v) is 3.25. The molecule has 0 aliphatic heterocycles. The number of nitriles is 4. The number of ketones is 1. The smallest absolute Gasteiger partial charge is 0.198 e. The average Bonchev–Trinajstić information content (AvgIpc) is 2.49. The van der Waals surface area contributed by atoms with Crippen LogP contribution in [0.25, 0.3) is 10.8 Å². The Bertz CT molecular complexity index is 844. The van der Waals surface area contributed by atoms with E-state index in [1.807, 2.05) is 0 Å². The monoisotopic (exact) mass is 256 g/mol. The van der Waals surface area contributed by atoms with Crippen molar-refractivity contribution in [2.75, 3.05) is 0 Å². The topological polar surface area (TPSA) is 157 Å². The quantitative estimate of drug-likeness (QED) is 0.401. The Balaban J connectivity index is 3.89. The van der Waals surface area contributed by atoms with Crippen molar-refractivity contribution in [3.8, 4) is 24.3 Å². The van der Waals surface area contributed by atoms with Crippen molar-refractivity contribution in [3.05, 3.63) is 44.3 Å². The highest BCUT2D eigenvalue weighted by Gasteiger charge is 2.39. The minimum absolute atomic E-state index is 0.295. The number of rotatable bonds is 2. The molecule has 1 rings (SSSR count). The lowest BCUT2D eigenvalue weighted by atomic mass is 9.73. The molecular weight excluding hydrogens is 256 g/mol. The maximum Gasteiger partial charge on any atom is 0.198 e. The molecular formula is C13N6O-2. The molecule has 20 heavy (non-hydrogen) atoms. The van der Waals surface area contributed by atoms with Crippen LogP contribution in [0, 0.1) is 45.3 Å². The van der Waals surface area contributed by atoms with E-state index in [2.05, 4.69) is 0 Å². The van der Waals surface area contributed by atoms with E-state index in [0.717, 1.165) is 0 Å². The van der Waals surface area contributed by atoms with Gasteiger partial charge in [0.05, 0.1) is 22.3 Å². The van der Waals surface area contributed by atoms with Crippen LogP contribution in [0.5, 0.6) is 0 Å². The van der Waals surface area contributed by atoms with E-state index in [1.165, 1.54) is 36.0 Å². The maximum absolute atomic E-state index is 11.9. The van der Waals surface area contributed by atoms with Gasteiger partial charge in [-0.1, -0.05) is 0 Å². The van der Waals surface area contributed by atoms with E-state index >= 15 is 0 Å². The number of hydrogen-bond acceptors (Lipinski definition) is 5. The van der Waals surface area contributed by atoms with Crippen molar-refractivity contribution >= 4 is 17.5 Å². The molecule has 0 atom stereocenters. The maximum atomic E-state index is 11.9. The summed E-state index contributed by atoms with van der Waals surface area (Å²) in [6.07, 6.45) is 0. The van der Waals surface area contributed by atoms with Crippen LogP contribution < -0.4 is 0 Å². The van der Waals surface area contributed by atoms with Gasteiger partial charge in [0.1, 0.15) is 29.8 Å². The van der Waals surface area contributed by atoms with Gasteiger partial charge in [-0.3, -0.25) is 4.79 Å². The van der Waals surface area contributed by atoms with E-state index in [9.17, 15) is 4.79 Å². The molecule has 1 aliphatic rings. The van der Waals surface area contributed by atoms with Gasteiger partial charge in [0.25, 0.3) is 0 Å². The fraction of sp³-hybridized carbons (Fsp3) is 0. The molecule has 0 heterocycles. The Morgan fingerprint density at radius 3 is 1.60 bits per heavy atom. The number of nitrogens with zero attached hydrogens (tertiary/aromatic N) is 6. The molecule has 0 aromatic carbocycles. The molecule has 7 heteroatoms. The van der Waals surface area contributed by atoms with Gasteiger partial charge in [0.15, 0.2) is 5.78 Å². The van der Waals surface area contributed by atoms with Crippen molar-refractivity contribution in [1.29, 1.82) is 21.0 Å². The Labute approximate surface area is 112 Å². The first-order chi connectivity index (χ1) is 9.60. The molecule has 0 spiro atoms. The van der Waals surface area contributed by atoms with Crippen molar-refractivity contribution < 1.29 is 4.79 Å². The van der Waals surface area contributed by atoms with E-state index in [1.54, 1.807) is 0 Å². The third kappa shape index (κ3) is 1.83. The third-order valence-electron chi connectivity index (χ3n) is 2.37. The van der Waals surface area contributed by atoms with Gasteiger partial charge in [-0.25, -0.2) is 11.7 Å². The number of allylic oxidation sites excluding steroid dienone is 6. The van der Waals surface area contributed by atoms with E-state index in [0.29, 0.717) is 0 Å². The van der Waals surface area contributed by atoms with Crippen LogP contribution in [0.4, 0.5) is 0 Å². The predicted molar refractivity (Wildman–Crippen MR) is 65.3 cm³/mol. The second-order valence-electron chi connectivity index (χ2n) is 3.25. The molecule has 0 fully saturated rings. The summed E-state index contributed by atoms with van der Waals surface area (Å²) in [5.74, 6) is 2.09. The molecule has 0 N–H and O–H groups in total. The molecule has 7 nitrogen and oxygen atoms in total. The lowest BCUT2D eigenvalue weighted by Crippen LogP contribution is -2.26. The Morgan fingerprint density at radius 2 is 1.25 bits per heavy atom. The largest absolute Gasteiger partial charge is 0.762 e. The average molecular weight is 256 g/mol. The van der Waals surface area contributed by atoms with Gasteiger partial charge in [-0.05, 0) is 0 Å². The Hall–Kier alpha value is -3.99. The van der Waals surface area contributed by atoms with Crippen LogP contribution in [0.3, 0.4) is 0 Å². The highest BCUT2D eigenvalue weighted by molar-refractivity contribution is 6.27. The summed E-state index contributed by atoms with van der Waals surface area (Å²) in [5.41, 5.74) is -2.81.